The van der Waals surface area contributed by atoms with Crippen molar-refractivity contribution < 1.29 is 26.7 Å². The molecule has 2 fully saturated rings. The van der Waals surface area contributed by atoms with Crippen molar-refractivity contribution in [3.63, 3.8) is 0 Å². The van der Waals surface area contributed by atoms with E-state index in [0.717, 1.165) is 4.31 Å². The summed E-state index contributed by atoms with van der Waals surface area (Å²) in [6.07, 6.45) is 0.777. The zero-order chi connectivity index (χ0) is 14.5. The third-order valence-corrected chi connectivity index (χ3v) is 8.38. The van der Waals surface area contributed by atoms with Gasteiger partial charge in [0.25, 0.3) is 0 Å². The SMILES string of the molecule is CC1(C(=O)O)CCCN1S(=O)(=O)C1CCS(=O)(=O)C1. The second-order valence-corrected chi connectivity index (χ2v) is 9.69. The normalized spacial score (nSPS) is 35.5. The van der Waals surface area contributed by atoms with Crippen molar-refractivity contribution >= 4 is 25.8 Å². The lowest BCUT2D eigenvalue weighted by molar-refractivity contribution is -0.146. The van der Waals surface area contributed by atoms with Crippen LogP contribution in [0.15, 0.2) is 0 Å². The van der Waals surface area contributed by atoms with Crippen LogP contribution in [0.25, 0.3) is 0 Å². The Labute approximate surface area is 112 Å². The fourth-order valence-corrected chi connectivity index (χ4v) is 7.63. The van der Waals surface area contributed by atoms with Crippen molar-refractivity contribution in [2.24, 2.45) is 0 Å². The molecule has 2 saturated heterocycles. The molecule has 0 aromatic heterocycles. The maximum absolute atomic E-state index is 12.4. The Balaban J connectivity index is 2.33. The quantitative estimate of drug-likeness (QED) is 0.748. The van der Waals surface area contributed by atoms with Crippen LogP contribution >= 0.6 is 0 Å². The number of aliphatic carboxylic acids is 1. The first kappa shape index (κ1) is 14.7. The van der Waals surface area contributed by atoms with Gasteiger partial charge in [-0.25, -0.2) is 16.8 Å². The van der Waals surface area contributed by atoms with E-state index in [1.165, 1.54) is 6.92 Å². The molecular weight excluding hydrogens is 294 g/mol. The maximum atomic E-state index is 12.4. The number of carbonyl (C=O) groups is 1. The molecule has 7 nitrogen and oxygen atoms in total. The van der Waals surface area contributed by atoms with E-state index in [2.05, 4.69) is 0 Å². The maximum Gasteiger partial charge on any atom is 0.324 e. The topological polar surface area (TPSA) is 109 Å². The molecule has 0 bridgehead atoms. The summed E-state index contributed by atoms with van der Waals surface area (Å²) >= 11 is 0. The molecule has 0 aromatic rings. The van der Waals surface area contributed by atoms with E-state index in [1.807, 2.05) is 0 Å². The van der Waals surface area contributed by atoms with E-state index in [9.17, 15) is 26.7 Å². The van der Waals surface area contributed by atoms with E-state index in [4.69, 9.17) is 0 Å². The van der Waals surface area contributed by atoms with E-state index in [-0.39, 0.29) is 25.1 Å². The Kier molecular flexibility index (Phi) is 3.43. The molecule has 0 amide bonds. The molecule has 2 atom stereocenters. The van der Waals surface area contributed by atoms with Gasteiger partial charge in [0.2, 0.25) is 10.0 Å². The van der Waals surface area contributed by atoms with Gasteiger partial charge >= 0.3 is 5.97 Å². The van der Waals surface area contributed by atoms with E-state index in [0.29, 0.717) is 6.42 Å². The molecule has 110 valence electrons. The highest BCUT2D eigenvalue weighted by Gasteiger charge is 2.52. The summed E-state index contributed by atoms with van der Waals surface area (Å²) in [6.45, 7) is 1.52. The Bertz CT molecular complexity index is 596. The minimum Gasteiger partial charge on any atom is -0.480 e. The summed E-state index contributed by atoms with van der Waals surface area (Å²) in [6, 6.07) is 0. The molecule has 19 heavy (non-hydrogen) atoms. The van der Waals surface area contributed by atoms with Crippen molar-refractivity contribution in [1.29, 1.82) is 0 Å². The van der Waals surface area contributed by atoms with Gasteiger partial charge < -0.3 is 5.11 Å². The lowest BCUT2D eigenvalue weighted by Gasteiger charge is -2.32. The fraction of sp³-hybridized carbons (Fsp3) is 0.900. The third kappa shape index (κ3) is 2.38. The zero-order valence-corrected chi connectivity index (χ0v) is 12.2. The second kappa shape index (κ2) is 4.42. The van der Waals surface area contributed by atoms with Crippen LogP contribution in [-0.2, 0) is 24.7 Å². The van der Waals surface area contributed by atoms with E-state index < -0.39 is 42.4 Å². The largest absolute Gasteiger partial charge is 0.480 e. The lowest BCUT2D eigenvalue weighted by atomic mass is 10.0. The third-order valence-electron chi connectivity index (χ3n) is 3.96. The van der Waals surface area contributed by atoms with Gasteiger partial charge in [-0.05, 0) is 26.2 Å². The van der Waals surface area contributed by atoms with Crippen LogP contribution in [0.4, 0.5) is 0 Å². The lowest BCUT2D eigenvalue weighted by Crippen LogP contribution is -2.53. The van der Waals surface area contributed by atoms with Crippen molar-refractivity contribution in [1.82, 2.24) is 4.31 Å². The minimum absolute atomic E-state index is 0.0524. The van der Waals surface area contributed by atoms with Crippen LogP contribution in [0.1, 0.15) is 26.2 Å². The molecule has 1 N–H and O–H groups in total. The molecule has 9 heteroatoms. The molecule has 2 aliphatic heterocycles. The van der Waals surface area contributed by atoms with E-state index in [1.54, 1.807) is 0 Å². The molecule has 2 heterocycles. The molecule has 0 saturated carbocycles. The molecular formula is C10H17NO6S2. The van der Waals surface area contributed by atoms with Gasteiger partial charge in [0.15, 0.2) is 9.84 Å². The van der Waals surface area contributed by atoms with Crippen molar-refractivity contribution in [2.45, 2.75) is 37.0 Å². The molecule has 2 unspecified atom stereocenters. The van der Waals surface area contributed by atoms with Crippen LogP contribution in [0.3, 0.4) is 0 Å². The Hall–Kier alpha value is -0.670. The van der Waals surface area contributed by atoms with Crippen LogP contribution < -0.4 is 0 Å². The first-order valence-corrected chi connectivity index (χ1v) is 9.37. The van der Waals surface area contributed by atoms with Crippen LogP contribution in [0.5, 0.6) is 0 Å². The standard InChI is InChI=1S/C10H17NO6S2/c1-10(9(12)13)4-2-5-11(10)19(16,17)8-3-6-18(14,15)7-8/h8H,2-7H2,1H3,(H,12,13). The number of hydrogen-bond acceptors (Lipinski definition) is 5. The van der Waals surface area contributed by atoms with Gasteiger partial charge in [0.05, 0.1) is 16.8 Å². The average molecular weight is 311 g/mol. The summed E-state index contributed by atoms with van der Waals surface area (Å²) in [7, 11) is -7.21. The van der Waals surface area contributed by atoms with Crippen molar-refractivity contribution in [3.8, 4) is 0 Å². The Morgan fingerprint density at radius 3 is 2.53 bits per heavy atom. The number of carboxylic acid groups (broad SMARTS) is 1. The fourth-order valence-electron chi connectivity index (χ4n) is 2.74. The summed E-state index contributed by atoms with van der Waals surface area (Å²) in [5.74, 6) is -1.73. The van der Waals surface area contributed by atoms with E-state index >= 15 is 0 Å². The van der Waals surface area contributed by atoms with Gasteiger partial charge in [-0.15, -0.1) is 0 Å². The Morgan fingerprint density at radius 1 is 1.42 bits per heavy atom. The number of carboxylic acids is 1. The number of hydrogen-bond donors (Lipinski definition) is 1. The highest BCUT2D eigenvalue weighted by atomic mass is 32.2. The zero-order valence-electron chi connectivity index (χ0n) is 10.6. The number of nitrogens with zero attached hydrogens (tertiary/aromatic N) is 1. The molecule has 0 aliphatic carbocycles. The first-order valence-electron chi connectivity index (χ1n) is 6.05. The van der Waals surface area contributed by atoms with Crippen LogP contribution in [0, 0.1) is 0 Å². The first-order chi connectivity index (χ1) is 8.59. The Morgan fingerprint density at radius 2 is 2.05 bits per heavy atom. The summed E-state index contributed by atoms with van der Waals surface area (Å²) in [4.78, 5) is 11.3. The van der Waals surface area contributed by atoms with Gasteiger partial charge in [-0.2, -0.15) is 4.31 Å². The predicted octanol–water partition coefficient (Wildman–Crippen LogP) is -0.558. The van der Waals surface area contributed by atoms with Crippen LogP contribution in [0.2, 0.25) is 0 Å². The molecule has 2 rings (SSSR count). The highest BCUT2D eigenvalue weighted by Crippen LogP contribution is 2.35. The number of sulfone groups is 1. The second-order valence-electron chi connectivity index (χ2n) is 5.32. The molecule has 2 aliphatic rings. The summed E-state index contributed by atoms with van der Waals surface area (Å²) < 4.78 is 48.7. The molecule has 0 radical (unpaired) electrons. The van der Waals surface area contributed by atoms with Gasteiger partial charge in [-0.3, -0.25) is 4.79 Å². The minimum atomic E-state index is -3.89. The molecule has 0 aromatic carbocycles. The summed E-state index contributed by atoms with van der Waals surface area (Å²) in [5, 5.41) is 8.22. The van der Waals surface area contributed by atoms with Gasteiger partial charge in [-0.1, -0.05) is 0 Å². The predicted molar refractivity (Wildman–Crippen MR) is 68.0 cm³/mol. The monoisotopic (exact) mass is 311 g/mol. The van der Waals surface area contributed by atoms with Crippen molar-refractivity contribution in [2.75, 3.05) is 18.1 Å². The van der Waals surface area contributed by atoms with Gasteiger partial charge in [0, 0.05) is 6.54 Å². The number of sulfonamides is 1. The summed E-state index contributed by atoms with van der Waals surface area (Å²) in [5.41, 5.74) is -1.45. The number of rotatable bonds is 3. The smallest absolute Gasteiger partial charge is 0.324 e. The average Bonchev–Trinajstić information content (AvgIpc) is 2.83. The molecule has 0 spiro atoms. The van der Waals surface area contributed by atoms with Crippen LogP contribution in [-0.4, -0.2) is 61.1 Å². The van der Waals surface area contributed by atoms with Crippen molar-refractivity contribution in [3.05, 3.63) is 0 Å². The van der Waals surface area contributed by atoms with Gasteiger partial charge in [0.1, 0.15) is 5.54 Å². The highest BCUT2D eigenvalue weighted by molar-refractivity contribution is 7.95.